The van der Waals surface area contributed by atoms with E-state index < -0.39 is 10.0 Å². The summed E-state index contributed by atoms with van der Waals surface area (Å²) in [6.45, 7) is 0.955. The van der Waals surface area contributed by atoms with Crippen LogP contribution in [0.2, 0.25) is 0 Å². The van der Waals surface area contributed by atoms with Crippen LogP contribution in [-0.2, 0) is 21.4 Å². The van der Waals surface area contributed by atoms with Crippen LogP contribution in [-0.4, -0.2) is 49.0 Å². The molecular formula is C21H24N4O5S. The summed E-state index contributed by atoms with van der Waals surface area (Å²) in [5.74, 6) is 0.884. The molecule has 3 heterocycles. The van der Waals surface area contributed by atoms with Crippen molar-refractivity contribution in [2.24, 2.45) is 5.92 Å². The van der Waals surface area contributed by atoms with Gasteiger partial charge in [-0.25, -0.2) is 8.42 Å². The Morgan fingerprint density at radius 2 is 1.94 bits per heavy atom. The third-order valence-corrected chi connectivity index (χ3v) is 7.17. The number of amides is 1. The fourth-order valence-electron chi connectivity index (χ4n) is 3.56. The van der Waals surface area contributed by atoms with E-state index in [9.17, 15) is 13.2 Å². The number of methoxy groups -OCH3 is 1. The normalized spacial score (nSPS) is 15.6. The van der Waals surface area contributed by atoms with Gasteiger partial charge < -0.3 is 14.5 Å². The molecular weight excluding hydrogens is 420 g/mol. The smallest absolute Gasteiger partial charge is 0.276 e. The molecule has 1 fully saturated rings. The van der Waals surface area contributed by atoms with E-state index in [1.807, 2.05) is 24.3 Å². The molecule has 2 N–H and O–H groups in total. The summed E-state index contributed by atoms with van der Waals surface area (Å²) in [5, 5.41) is 9.40. The number of benzene rings is 1. The van der Waals surface area contributed by atoms with Crippen LogP contribution in [0.5, 0.6) is 5.75 Å². The number of hydrogen-bond acceptors (Lipinski definition) is 6. The first-order chi connectivity index (χ1) is 15.0. The Bertz CT molecular complexity index is 1110. The topological polar surface area (TPSA) is 118 Å². The molecule has 31 heavy (non-hydrogen) atoms. The largest absolute Gasteiger partial charge is 0.497 e. The Kier molecular flexibility index (Phi) is 6.10. The monoisotopic (exact) mass is 444 g/mol. The average molecular weight is 445 g/mol. The summed E-state index contributed by atoms with van der Waals surface area (Å²) in [4.78, 5) is 12.5. The molecule has 1 saturated heterocycles. The minimum Gasteiger partial charge on any atom is -0.497 e. The molecule has 0 aliphatic carbocycles. The van der Waals surface area contributed by atoms with Crippen molar-refractivity contribution in [1.29, 1.82) is 0 Å². The SMILES string of the molecule is COc1ccc(CNC(=O)C2CCN(S(=O)(=O)c3ccc(-c4ccn[nH]4)o3)CC2)cc1. The van der Waals surface area contributed by atoms with Gasteiger partial charge in [0.2, 0.25) is 11.0 Å². The number of carbonyl (C=O) groups excluding carboxylic acids is 1. The zero-order valence-electron chi connectivity index (χ0n) is 17.1. The molecule has 0 saturated carbocycles. The van der Waals surface area contributed by atoms with Gasteiger partial charge >= 0.3 is 0 Å². The molecule has 4 rings (SSSR count). The number of furan rings is 1. The molecule has 9 nitrogen and oxygen atoms in total. The number of carbonyl (C=O) groups is 1. The van der Waals surface area contributed by atoms with Crippen LogP contribution in [0.25, 0.3) is 11.5 Å². The number of nitrogens with one attached hydrogen (secondary N) is 2. The first kappa shape index (κ1) is 21.1. The average Bonchev–Trinajstić information content (AvgIpc) is 3.50. The molecule has 10 heteroatoms. The number of nitrogens with zero attached hydrogens (tertiary/aromatic N) is 2. The van der Waals surface area contributed by atoms with E-state index in [1.54, 1.807) is 25.4 Å². The Morgan fingerprint density at radius 1 is 1.19 bits per heavy atom. The molecule has 0 atom stereocenters. The molecule has 2 aromatic heterocycles. The lowest BCUT2D eigenvalue weighted by molar-refractivity contribution is -0.126. The van der Waals surface area contributed by atoms with Gasteiger partial charge in [-0.2, -0.15) is 9.40 Å². The lowest BCUT2D eigenvalue weighted by atomic mass is 9.97. The summed E-state index contributed by atoms with van der Waals surface area (Å²) in [6, 6.07) is 12.2. The van der Waals surface area contributed by atoms with E-state index in [4.69, 9.17) is 9.15 Å². The van der Waals surface area contributed by atoms with E-state index in [-0.39, 0.29) is 30.0 Å². The Morgan fingerprint density at radius 3 is 2.58 bits per heavy atom. The fraction of sp³-hybridized carbons (Fsp3) is 0.333. The molecule has 0 radical (unpaired) electrons. The minimum atomic E-state index is -3.75. The van der Waals surface area contributed by atoms with Crippen molar-refractivity contribution < 1.29 is 22.4 Å². The summed E-state index contributed by atoms with van der Waals surface area (Å²) < 4.78 is 37.8. The molecule has 0 spiro atoms. The van der Waals surface area contributed by atoms with Crippen LogP contribution in [0.3, 0.4) is 0 Å². The van der Waals surface area contributed by atoms with Crippen LogP contribution in [0.4, 0.5) is 0 Å². The predicted octanol–water partition coefficient (Wildman–Crippen LogP) is 2.40. The maximum Gasteiger partial charge on any atom is 0.276 e. The van der Waals surface area contributed by atoms with Gasteiger partial charge in [-0.3, -0.25) is 9.89 Å². The van der Waals surface area contributed by atoms with Gasteiger partial charge in [0.1, 0.15) is 11.4 Å². The highest BCUT2D eigenvalue weighted by atomic mass is 32.2. The van der Waals surface area contributed by atoms with Gasteiger partial charge in [0, 0.05) is 31.7 Å². The van der Waals surface area contributed by atoms with E-state index in [0.29, 0.717) is 30.8 Å². The van der Waals surface area contributed by atoms with Crippen LogP contribution in [0.15, 0.2) is 58.2 Å². The fourth-order valence-corrected chi connectivity index (χ4v) is 4.94. The van der Waals surface area contributed by atoms with Crippen LogP contribution >= 0.6 is 0 Å². The lowest BCUT2D eigenvalue weighted by Gasteiger charge is -2.29. The number of sulfonamides is 1. The van der Waals surface area contributed by atoms with E-state index in [2.05, 4.69) is 15.5 Å². The molecule has 0 unspecified atom stereocenters. The van der Waals surface area contributed by atoms with E-state index in [1.165, 1.54) is 10.4 Å². The van der Waals surface area contributed by atoms with Gasteiger partial charge in [-0.15, -0.1) is 0 Å². The van der Waals surface area contributed by atoms with Gasteiger partial charge in [0.25, 0.3) is 10.0 Å². The van der Waals surface area contributed by atoms with Crippen LogP contribution < -0.4 is 10.1 Å². The lowest BCUT2D eigenvalue weighted by Crippen LogP contribution is -2.42. The Balaban J connectivity index is 1.31. The number of aromatic amines is 1. The number of aromatic nitrogens is 2. The minimum absolute atomic E-state index is 0.0626. The van der Waals surface area contributed by atoms with Crippen LogP contribution in [0, 0.1) is 5.92 Å². The van der Waals surface area contributed by atoms with Crippen molar-refractivity contribution in [1.82, 2.24) is 19.8 Å². The highest BCUT2D eigenvalue weighted by Gasteiger charge is 2.34. The highest BCUT2D eigenvalue weighted by molar-refractivity contribution is 7.89. The van der Waals surface area contributed by atoms with Gasteiger partial charge in [-0.1, -0.05) is 12.1 Å². The van der Waals surface area contributed by atoms with E-state index in [0.717, 1.165) is 11.3 Å². The second kappa shape index (κ2) is 8.94. The number of rotatable bonds is 7. The van der Waals surface area contributed by atoms with Crippen molar-refractivity contribution in [3.8, 4) is 17.2 Å². The van der Waals surface area contributed by atoms with Crippen molar-refractivity contribution in [3.63, 3.8) is 0 Å². The number of ether oxygens (including phenoxy) is 1. The number of H-pyrrole nitrogens is 1. The molecule has 1 aromatic carbocycles. The highest BCUT2D eigenvalue weighted by Crippen LogP contribution is 2.28. The summed E-state index contributed by atoms with van der Waals surface area (Å²) in [6.07, 6.45) is 2.49. The Hall–Kier alpha value is -3.11. The van der Waals surface area contributed by atoms with Crippen LogP contribution in [0.1, 0.15) is 18.4 Å². The molecule has 1 aliphatic heterocycles. The summed E-state index contributed by atoms with van der Waals surface area (Å²) in [7, 11) is -2.15. The zero-order valence-corrected chi connectivity index (χ0v) is 17.9. The maximum atomic E-state index is 12.9. The third kappa shape index (κ3) is 4.64. The molecule has 1 amide bonds. The first-order valence-electron chi connectivity index (χ1n) is 9.98. The van der Waals surface area contributed by atoms with Crippen molar-refractivity contribution in [3.05, 3.63) is 54.2 Å². The van der Waals surface area contributed by atoms with Crippen molar-refractivity contribution >= 4 is 15.9 Å². The summed E-state index contributed by atoms with van der Waals surface area (Å²) >= 11 is 0. The van der Waals surface area contributed by atoms with Gasteiger partial charge in [0.15, 0.2) is 5.76 Å². The Labute approximate surface area is 180 Å². The standard InChI is InChI=1S/C21H24N4O5S/c1-29-17-4-2-15(3-5-17)14-22-21(26)16-9-12-25(13-10-16)31(27,28)20-7-6-19(30-20)18-8-11-23-24-18/h2-8,11,16H,9-10,12-14H2,1H3,(H,22,26)(H,23,24). The number of piperidine rings is 1. The molecule has 164 valence electrons. The van der Waals surface area contributed by atoms with Crippen molar-refractivity contribution in [2.75, 3.05) is 20.2 Å². The molecule has 0 bridgehead atoms. The van der Waals surface area contributed by atoms with E-state index >= 15 is 0 Å². The molecule has 3 aromatic rings. The predicted molar refractivity (Wildman–Crippen MR) is 113 cm³/mol. The summed E-state index contributed by atoms with van der Waals surface area (Å²) in [5.41, 5.74) is 1.58. The molecule has 1 aliphatic rings. The zero-order chi connectivity index (χ0) is 21.8. The third-order valence-electron chi connectivity index (χ3n) is 5.39. The number of hydrogen-bond donors (Lipinski definition) is 2. The first-order valence-corrected chi connectivity index (χ1v) is 11.4. The second-order valence-electron chi connectivity index (χ2n) is 7.33. The maximum absolute atomic E-state index is 12.9. The van der Waals surface area contributed by atoms with Gasteiger partial charge in [0.05, 0.1) is 7.11 Å². The van der Waals surface area contributed by atoms with Crippen molar-refractivity contribution in [2.45, 2.75) is 24.5 Å². The quantitative estimate of drug-likeness (QED) is 0.578. The van der Waals surface area contributed by atoms with Gasteiger partial charge in [-0.05, 0) is 48.7 Å². The second-order valence-corrected chi connectivity index (χ2v) is 9.20.